The zero-order valence-electron chi connectivity index (χ0n) is 11.6. The lowest BCUT2D eigenvalue weighted by atomic mass is 10.1. The molecule has 2 aromatic rings. The Morgan fingerprint density at radius 2 is 2.35 bits per heavy atom. The number of ether oxygens (including phenoxy) is 1. The minimum atomic E-state index is -0.139. The Morgan fingerprint density at radius 3 is 3.00 bits per heavy atom. The molecule has 1 atom stereocenters. The van der Waals surface area contributed by atoms with Crippen LogP contribution in [0.4, 0.5) is 0 Å². The van der Waals surface area contributed by atoms with E-state index in [0.717, 1.165) is 5.69 Å². The summed E-state index contributed by atoms with van der Waals surface area (Å²) in [6, 6.07) is 5.54. The first-order chi connectivity index (χ1) is 9.66. The van der Waals surface area contributed by atoms with Crippen LogP contribution in [-0.4, -0.2) is 40.3 Å². The first-order valence-corrected chi connectivity index (χ1v) is 6.60. The zero-order chi connectivity index (χ0) is 14.1. The molecule has 1 unspecified atom stereocenters. The number of nitrogens with zero attached hydrogens (tertiary/aromatic N) is 3. The van der Waals surface area contributed by atoms with Crippen molar-refractivity contribution >= 4 is 5.91 Å². The molecule has 1 aliphatic rings. The van der Waals surface area contributed by atoms with Gasteiger partial charge in [-0.15, -0.1) is 0 Å². The van der Waals surface area contributed by atoms with Crippen LogP contribution in [0, 0.1) is 6.92 Å². The Labute approximate surface area is 116 Å². The number of morpholine rings is 1. The number of aromatic nitrogens is 2. The van der Waals surface area contributed by atoms with Gasteiger partial charge in [0, 0.05) is 31.5 Å². The fourth-order valence-electron chi connectivity index (χ4n) is 2.52. The SMILES string of the molecule is Cc1cc(C(=O)N2CCOCC2c2cccn2C)on1. The Hall–Kier alpha value is -2.08. The lowest BCUT2D eigenvalue weighted by molar-refractivity contribution is -0.00655. The molecule has 3 heterocycles. The maximum absolute atomic E-state index is 12.6. The first kappa shape index (κ1) is 12.9. The molecule has 0 radical (unpaired) electrons. The van der Waals surface area contributed by atoms with Gasteiger partial charge in [-0.2, -0.15) is 0 Å². The molecule has 0 N–H and O–H groups in total. The summed E-state index contributed by atoms with van der Waals surface area (Å²) in [6.45, 7) is 3.39. The quantitative estimate of drug-likeness (QED) is 0.834. The summed E-state index contributed by atoms with van der Waals surface area (Å²) in [5.41, 5.74) is 1.76. The summed E-state index contributed by atoms with van der Waals surface area (Å²) in [5.74, 6) is 0.142. The van der Waals surface area contributed by atoms with E-state index < -0.39 is 0 Å². The average Bonchev–Trinajstić information content (AvgIpc) is 3.07. The largest absolute Gasteiger partial charge is 0.377 e. The molecule has 0 saturated carbocycles. The fourth-order valence-corrected chi connectivity index (χ4v) is 2.52. The van der Waals surface area contributed by atoms with Gasteiger partial charge in [0.15, 0.2) is 0 Å². The van der Waals surface area contributed by atoms with Crippen molar-refractivity contribution in [1.29, 1.82) is 0 Å². The molecule has 2 aromatic heterocycles. The second-order valence-corrected chi connectivity index (χ2v) is 4.97. The van der Waals surface area contributed by atoms with Gasteiger partial charge in [0.25, 0.3) is 5.91 Å². The standard InChI is InChI=1S/C14H17N3O3/c1-10-8-13(20-15-10)14(18)17-6-7-19-9-12(17)11-4-3-5-16(11)2/h3-5,8,12H,6-7,9H2,1-2H3. The van der Waals surface area contributed by atoms with Crippen LogP contribution in [0.2, 0.25) is 0 Å². The predicted octanol–water partition coefficient (Wildman–Crippen LogP) is 1.54. The van der Waals surface area contributed by atoms with Crippen molar-refractivity contribution < 1.29 is 14.1 Å². The summed E-state index contributed by atoms with van der Waals surface area (Å²) in [4.78, 5) is 14.3. The van der Waals surface area contributed by atoms with E-state index in [1.165, 1.54) is 0 Å². The molecule has 1 fully saturated rings. The second-order valence-electron chi connectivity index (χ2n) is 4.97. The topological polar surface area (TPSA) is 60.5 Å². The third kappa shape index (κ3) is 2.22. The van der Waals surface area contributed by atoms with Crippen LogP contribution in [0.1, 0.15) is 28.0 Å². The Balaban J connectivity index is 1.89. The molecule has 1 aliphatic heterocycles. The van der Waals surface area contributed by atoms with Crippen LogP contribution < -0.4 is 0 Å². The highest BCUT2D eigenvalue weighted by Gasteiger charge is 2.32. The van der Waals surface area contributed by atoms with E-state index in [2.05, 4.69) is 5.16 Å². The van der Waals surface area contributed by atoms with Gasteiger partial charge in [0.2, 0.25) is 5.76 Å². The Bertz CT molecular complexity index is 617. The van der Waals surface area contributed by atoms with E-state index in [4.69, 9.17) is 9.26 Å². The molecule has 0 aromatic carbocycles. The number of hydrogen-bond donors (Lipinski definition) is 0. The number of amides is 1. The van der Waals surface area contributed by atoms with Crippen molar-refractivity contribution in [3.05, 3.63) is 41.5 Å². The van der Waals surface area contributed by atoms with Crippen molar-refractivity contribution in [1.82, 2.24) is 14.6 Å². The highest BCUT2D eigenvalue weighted by molar-refractivity contribution is 5.91. The van der Waals surface area contributed by atoms with Crippen molar-refractivity contribution in [3.8, 4) is 0 Å². The van der Waals surface area contributed by atoms with E-state index in [0.29, 0.717) is 25.5 Å². The molecule has 1 saturated heterocycles. The molecule has 3 rings (SSSR count). The van der Waals surface area contributed by atoms with Crippen LogP contribution in [-0.2, 0) is 11.8 Å². The Morgan fingerprint density at radius 1 is 1.50 bits per heavy atom. The minimum Gasteiger partial charge on any atom is -0.377 e. The average molecular weight is 275 g/mol. The highest BCUT2D eigenvalue weighted by atomic mass is 16.5. The van der Waals surface area contributed by atoms with Gasteiger partial charge in [-0.1, -0.05) is 5.16 Å². The normalized spacial score (nSPS) is 19.3. The van der Waals surface area contributed by atoms with Gasteiger partial charge in [0.05, 0.1) is 24.9 Å². The van der Waals surface area contributed by atoms with Crippen LogP contribution in [0.3, 0.4) is 0 Å². The van der Waals surface area contributed by atoms with Gasteiger partial charge in [0.1, 0.15) is 0 Å². The maximum atomic E-state index is 12.6. The molecule has 0 bridgehead atoms. The third-order valence-electron chi connectivity index (χ3n) is 3.55. The zero-order valence-corrected chi connectivity index (χ0v) is 11.6. The Kier molecular flexibility index (Phi) is 3.31. The van der Waals surface area contributed by atoms with Crippen LogP contribution in [0.15, 0.2) is 28.9 Å². The van der Waals surface area contributed by atoms with Gasteiger partial charge in [-0.25, -0.2) is 0 Å². The smallest absolute Gasteiger partial charge is 0.293 e. The number of carbonyl (C=O) groups excluding carboxylic acids is 1. The summed E-state index contributed by atoms with van der Waals surface area (Å²) < 4.78 is 12.6. The van der Waals surface area contributed by atoms with Crippen LogP contribution in [0.25, 0.3) is 0 Å². The molecule has 0 aliphatic carbocycles. The van der Waals surface area contributed by atoms with Crippen molar-refractivity contribution in [2.24, 2.45) is 7.05 Å². The van der Waals surface area contributed by atoms with Gasteiger partial charge in [-0.3, -0.25) is 4.79 Å². The molecular formula is C14H17N3O3. The fraction of sp³-hybridized carbons (Fsp3) is 0.429. The van der Waals surface area contributed by atoms with Crippen molar-refractivity contribution in [3.63, 3.8) is 0 Å². The molecule has 106 valence electrons. The number of hydrogen-bond acceptors (Lipinski definition) is 4. The number of aryl methyl sites for hydroxylation is 2. The molecular weight excluding hydrogens is 258 g/mol. The molecule has 6 heteroatoms. The van der Waals surface area contributed by atoms with Gasteiger partial charge < -0.3 is 18.7 Å². The monoisotopic (exact) mass is 275 g/mol. The lowest BCUT2D eigenvalue weighted by Gasteiger charge is -2.35. The summed E-state index contributed by atoms with van der Waals surface area (Å²) in [7, 11) is 1.96. The van der Waals surface area contributed by atoms with E-state index in [-0.39, 0.29) is 17.7 Å². The molecule has 0 spiro atoms. The first-order valence-electron chi connectivity index (χ1n) is 6.60. The maximum Gasteiger partial charge on any atom is 0.293 e. The predicted molar refractivity (Wildman–Crippen MR) is 71.2 cm³/mol. The van der Waals surface area contributed by atoms with Gasteiger partial charge in [-0.05, 0) is 19.1 Å². The molecule has 20 heavy (non-hydrogen) atoms. The number of carbonyl (C=O) groups is 1. The van der Waals surface area contributed by atoms with E-state index in [1.54, 1.807) is 17.9 Å². The highest BCUT2D eigenvalue weighted by Crippen LogP contribution is 2.26. The number of rotatable bonds is 2. The van der Waals surface area contributed by atoms with Gasteiger partial charge >= 0.3 is 0 Å². The lowest BCUT2D eigenvalue weighted by Crippen LogP contribution is -2.43. The van der Waals surface area contributed by atoms with E-state index in [1.807, 2.05) is 29.9 Å². The van der Waals surface area contributed by atoms with Crippen LogP contribution in [0.5, 0.6) is 0 Å². The van der Waals surface area contributed by atoms with E-state index in [9.17, 15) is 4.79 Å². The molecule has 6 nitrogen and oxygen atoms in total. The summed E-state index contributed by atoms with van der Waals surface area (Å²) in [5, 5.41) is 3.78. The third-order valence-corrected chi connectivity index (χ3v) is 3.55. The van der Waals surface area contributed by atoms with Crippen molar-refractivity contribution in [2.45, 2.75) is 13.0 Å². The molecule has 1 amide bonds. The summed E-state index contributed by atoms with van der Waals surface area (Å²) in [6.07, 6.45) is 1.96. The minimum absolute atomic E-state index is 0.0957. The van der Waals surface area contributed by atoms with Crippen LogP contribution >= 0.6 is 0 Å². The van der Waals surface area contributed by atoms with Crippen molar-refractivity contribution in [2.75, 3.05) is 19.8 Å². The summed E-state index contributed by atoms with van der Waals surface area (Å²) >= 11 is 0. The second kappa shape index (κ2) is 5.13. The van der Waals surface area contributed by atoms with E-state index >= 15 is 0 Å².